The zero-order valence-electron chi connectivity index (χ0n) is 16.9. The molecular formula is C21H25FN4O2S. The van der Waals surface area contributed by atoms with E-state index in [1.54, 1.807) is 30.3 Å². The van der Waals surface area contributed by atoms with E-state index in [1.165, 1.54) is 16.8 Å². The van der Waals surface area contributed by atoms with E-state index in [9.17, 15) is 12.8 Å². The molecule has 0 unspecified atom stereocenters. The molecule has 0 aliphatic rings. The van der Waals surface area contributed by atoms with Crippen molar-refractivity contribution in [3.05, 3.63) is 71.7 Å². The number of hydrogen-bond acceptors (Lipinski definition) is 3. The Morgan fingerprint density at radius 1 is 1.00 bits per heavy atom. The molecule has 0 aliphatic carbocycles. The van der Waals surface area contributed by atoms with Gasteiger partial charge in [0.25, 0.3) is 0 Å². The molecule has 3 aromatic rings. The highest BCUT2D eigenvalue weighted by Crippen LogP contribution is 2.27. The van der Waals surface area contributed by atoms with Crippen LogP contribution in [0, 0.1) is 5.82 Å². The lowest BCUT2D eigenvalue weighted by atomic mass is 9.92. The van der Waals surface area contributed by atoms with Crippen molar-refractivity contribution in [2.45, 2.75) is 39.5 Å². The highest BCUT2D eigenvalue weighted by atomic mass is 32.2. The number of nitrogens with one attached hydrogen (secondary N) is 2. The summed E-state index contributed by atoms with van der Waals surface area (Å²) in [4.78, 5) is 0. The van der Waals surface area contributed by atoms with Crippen LogP contribution in [0.25, 0.3) is 5.69 Å². The highest BCUT2D eigenvalue weighted by molar-refractivity contribution is 7.94. The number of halogens is 1. The standard InChI is InChI=1S/C21H25FN4O2S/c1-5-15-6-10-17(11-7-15)24-29(27,28)25-20-14-19(21(2,3)4)23-26(20)18-12-8-16(22)9-13-18/h6-14,24-25H,5H2,1-4H3. The van der Waals surface area contributed by atoms with E-state index in [0.717, 1.165) is 12.0 Å². The van der Waals surface area contributed by atoms with Crippen molar-refractivity contribution in [3.8, 4) is 5.69 Å². The molecule has 29 heavy (non-hydrogen) atoms. The maximum atomic E-state index is 13.3. The lowest BCUT2D eigenvalue weighted by molar-refractivity contribution is 0.560. The second-order valence-corrected chi connectivity index (χ2v) is 9.23. The van der Waals surface area contributed by atoms with Crippen LogP contribution < -0.4 is 9.44 Å². The average molecular weight is 417 g/mol. The lowest BCUT2D eigenvalue weighted by Crippen LogP contribution is -2.23. The van der Waals surface area contributed by atoms with Gasteiger partial charge >= 0.3 is 10.2 Å². The fourth-order valence-electron chi connectivity index (χ4n) is 2.73. The smallest absolute Gasteiger partial charge is 0.267 e. The highest BCUT2D eigenvalue weighted by Gasteiger charge is 2.23. The van der Waals surface area contributed by atoms with Gasteiger partial charge in [0.2, 0.25) is 0 Å². The molecule has 0 bridgehead atoms. The van der Waals surface area contributed by atoms with Crippen LogP contribution >= 0.6 is 0 Å². The van der Waals surface area contributed by atoms with E-state index in [-0.39, 0.29) is 17.1 Å². The van der Waals surface area contributed by atoms with Crippen molar-refractivity contribution in [1.29, 1.82) is 0 Å². The molecular weight excluding hydrogens is 391 g/mol. The van der Waals surface area contributed by atoms with Gasteiger partial charge in [0.15, 0.2) is 0 Å². The Bertz CT molecular complexity index is 1080. The normalized spacial score (nSPS) is 12.0. The summed E-state index contributed by atoms with van der Waals surface area (Å²) in [5.74, 6) is -0.115. The number of anilines is 2. The minimum Gasteiger partial charge on any atom is -0.267 e. The predicted molar refractivity (Wildman–Crippen MR) is 114 cm³/mol. The molecule has 6 nitrogen and oxygen atoms in total. The van der Waals surface area contributed by atoms with E-state index >= 15 is 0 Å². The Morgan fingerprint density at radius 3 is 2.17 bits per heavy atom. The quantitative estimate of drug-likeness (QED) is 0.615. The zero-order chi connectivity index (χ0) is 21.2. The molecule has 0 amide bonds. The van der Waals surface area contributed by atoms with E-state index < -0.39 is 10.2 Å². The van der Waals surface area contributed by atoms with Crippen molar-refractivity contribution in [3.63, 3.8) is 0 Å². The fraction of sp³-hybridized carbons (Fsp3) is 0.286. The number of benzene rings is 2. The topological polar surface area (TPSA) is 76.0 Å². The molecule has 0 fully saturated rings. The first kappa shape index (κ1) is 20.9. The maximum absolute atomic E-state index is 13.3. The molecule has 154 valence electrons. The minimum absolute atomic E-state index is 0.263. The average Bonchev–Trinajstić information content (AvgIpc) is 3.06. The van der Waals surface area contributed by atoms with Crippen LogP contribution in [0.3, 0.4) is 0 Å². The summed E-state index contributed by atoms with van der Waals surface area (Å²) in [6.45, 7) is 7.98. The van der Waals surface area contributed by atoms with E-state index in [0.29, 0.717) is 17.1 Å². The summed E-state index contributed by atoms with van der Waals surface area (Å²) >= 11 is 0. The van der Waals surface area contributed by atoms with Gasteiger partial charge in [-0.2, -0.15) is 13.5 Å². The third kappa shape index (κ3) is 5.14. The molecule has 2 aromatic carbocycles. The molecule has 0 spiro atoms. The van der Waals surface area contributed by atoms with Gasteiger partial charge in [0.05, 0.1) is 17.1 Å². The van der Waals surface area contributed by atoms with E-state index in [4.69, 9.17) is 0 Å². The summed E-state index contributed by atoms with van der Waals surface area (Å²) in [5, 5.41) is 4.53. The predicted octanol–water partition coefficient (Wildman–Crippen LogP) is 4.64. The number of nitrogens with zero attached hydrogens (tertiary/aromatic N) is 2. The van der Waals surface area contributed by atoms with Crippen molar-refractivity contribution >= 4 is 21.7 Å². The van der Waals surface area contributed by atoms with Crippen LogP contribution in [0.5, 0.6) is 0 Å². The van der Waals surface area contributed by atoms with Crippen LogP contribution in [0.15, 0.2) is 54.6 Å². The summed E-state index contributed by atoms with van der Waals surface area (Å²) in [5.41, 5.74) is 2.52. The molecule has 8 heteroatoms. The third-order valence-electron chi connectivity index (χ3n) is 4.40. The molecule has 1 heterocycles. The van der Waals surface area contributed by atoms with Crippen molar-refractivity contribution in [2.75, 3.05) is 9.44 Å². The molecule has 0 saturated heterocycles. The molecule has 0 saturated carbocycles. The van der Waals surface area contributed by atoms with Crippen LogP contribution in [0.1, 0.15) is 39.0 Å². The molecule has 2 N–H and O–H groups in total. The third-order valence-corrected chi connectivity index (χ3v) is 5.38. The maximum Gasteiger partial charge on any atom is 0.322 e. The van der Waals surface area contributed by atoms with Gasteiger partial charge in [-0.05, 0) is 48.4 Å². The Labute approximate surface area is 171 Å². The van der Waals surface area contributed by atoms with Gasteiger partial charge in [-0.25, -0.2) is 9.07 Å². The Balaban J connectivity index is 1.93. The molecule has 1 aromatic heterocycles. The lowest BCUT2D eigenvalue weighted by Gasteiger charge is -2.14. The molecule has 0 atom stereocenters. The fourth-order valence-corrected chi connectivity index (χ4v) is 3.64. The van der Waals surface area contributed by atoms with Gasteiger partial charge in [-0.3, -0.25) is 9.44 Å². The molecule has 0 aliphatic heterocycles. The van der Waals surface area contributed by atoms with Gasteiger partial charge in [0, 0.05) is 11.5 Å². The number of aryl methyl sites for hydroxylation is 1. The Hall–Kier alpha value is -2.87. The second kappa shape index (κ2) is 7.87. The Kier molecular flexibility index (Phi) is 5.66. The summed E-state index contributed by atoms with van der Waals surface area (Å²) in [6, 6.07) is 14.6. The van der Waals surface area contributed by atoms with E-state index in [2.05, 4.69) is 14.5 Å². The summed E-state index contributed by atoms with van der Waals surface area (Å²) in [6.07, 6.45) is 0.873. The van der Waals surface area contributed by atoms with Gasteiger partial charge < -0.3 is 0 Å². The second-order valence-electron chi connectivity index (χ2n) is 7.81. The van der Waals surface area contributed by atoms with Gasteiger partial charge in [-0.1, -0.05) is 39.8 Å². The Morgan fingerprint density at radius 2 is 1.62 bits per heavy atom. The first-order valence-electron chi connectivity index (χ1n) is 9.33. The molecule has 3 rings (SSSR count). The SMILES string of the molecule is CCc1ccc(NS(=O)(=O)Nc2cc(C(C)(C)C)nn2-c2ccc(F)cc2)cc1. The first-order chi connectivity index (χ1) is 13.6. The van der Waals surface area contributed by atoms with Gasteiger partial charge in [0.1, 0.15) is 11.6 Å². The summed E-state index contributed by atoms with van der Waals surface area (Å²) in [7, 11) is -3.91. The number of hydrogen-bond donors (Lipinski definition) is 2. The largest absolute Gasteiger partial charge is 0.322 e. The number of aromatic nitrogens is 2. The summed E-state index contributed by atoms with van der Waals surface area (Å²) < 4.78 is 45.2. The van der Waals surface area contributed by atoms with Crippen LogP contribution in [-0.4, -0.2) is 18.2 Å². The van der Waals surface area contributed by atoms with Crippen molar-refractivity contribution in [2.24, 2.45) is 0 Å². The van der Waals surface area contributed by atoms with Gasteiger partial charge in [-0.15, -0.1) is 0 Å². The minimum atomic E-state index is -3.91. The van der Waals surface area contributed by atoms with Crippen LogP contribution in [-0.2, 0) is 22.0 Å². The number of rotatable bonds is 6. The van der Waals surface area contributed by atoms with E-state index in [1.807, 2.05) is 39.8 Å². The van der Waals surface area contributed by atoms with Crippen molar-refractivity contribution < 1.29 is 12.8 Å². The molecule has 0 radical (unpaired) electrons. The monoisotopic (exact) mass is 416 g/mol. The first-order valence-corrected chi connectivity index (χ1v) is 10.8. The van der Waals surface area contributed by atoms with Crippen LogP contribution in [0.2, 0.25) is 0 Å². The zero-order valence-corrected chi connectivity index (χ0v) is 17.7. The van der Waals surface area contributed by atoms with Crippen LogP contribution in [0.4, 0.5) is 15.9 Å². The van der Waals surface area contributed by atoms with Crippen molar-refractivity contribution in [1.82, 2.24) is 9.78 Å².